The Labute approximate surface area is 177 Å². The van der Waals surface area contributed by atoms with Gasteiger partial charge >= 0.3 is 6.18 Å². The maximum absolute atomic E-state index is 13.2. The first-order valence-corrected chi connectivity index (χ1v) is 9.80. The molecule has 2 N–H and O–H groups in total. The number of aliphatic hydroxyl groups excluding tert-OH is 1. The van der Waals surface area contributed by atoms with Crippen molar-refractivity contribution in [1.82, 2.24) is 9.97 Å². The van der Waals surface area contributed by atoms with Crippen LogP contribution in [0.3, 0.4) is 0 Å². The number of anilines is 1. The third-order valence-electron chi connectivity index (χ3n) is 4.94. The molecule has 0 bridgehead atoms. The summed E-state index contributed by atoms with van der Waals surface area (Å²) in [6.07, 6.45) is -3.89. The van der Waals surface area contributed by atoms with E-state index in [1.54, 1.807) is 12.1 Å². The number of fused-ring (bicyclic) bond motifs is 1. The minimum Gasteiger partial charge on any atom is -0.394 e. The van der Waals surface area contributed by atoms with Crippen LogP contribution in [0.25, 0.3) is 22.3 Å². The van der Waals surface area contributed by atoms with Crippen LogP contribution >= 0.6 is 0 Å². The molecule has 1 heterocycles. The first kappa shape index (κ1) is 20.8. The third-order valence-corrected chi connectivity index (χ3v) is 4.94. The summed E-state index contributed by atoms with van der Waals surface area (Å²) < 4.78 is 39.5. The van der Waals surface area contributed by atoms with E-state index in [2.05, 4.69) is 15.3 Å². The van der Waals surface area contributed by atoms with Gasteiger partial charge in [0.05, 0.1) is 23.7 Å². The van der Waals surface area contributed by atoms with Crippen LogP contribution in [0.15, 0.2) is 78.9 Å². The lowest BCUT2D eigenvalue weighted by Gasteiger charge is -2.19. The zero-order valence-corrected chi connectivity index (χ0v) is 16.5. The highest BCUT2D eigenvalue weighted by molar-refractivity contribution is 5.90. The average molecular weight is 423 g/mol. The Morgan fingerprint density at radius 3 is 2.35 bits per heavy atom. The van der Waals surface area contributed by atoms with E-state index in [4.69, 9.17) is 0 Å². The number of para-hydroxylation sites is 1. The van der Waals surface area contributed by atoms with Crippen LogP contribution in [-0.2, 0) is 12.6 Å². The molecule has 1 atom stereocenters. The lowest BCUT2D eigenvalue weighted by Crippen LogP contribution is -2.27. The fourth-order valence-corrected chi connectivity index (χ4v) is 3.40. The molecule has 0 unspecified atom stereocenters. The van der Waals surface area contributed by atoms with Crippen LogP contribution in [0.2, 0.25) is 0 Å². The molecule has 0 aliphatic heterocycles. The van der Waals surface area contributed by atoms with E-state index in [9.17, 15) is 18.3 Å². The summed E-state index contributed by atoms with van der Waals surface area (Å²) in [6, 6.07) is 21.6. The molecule has 0 saturated heterocycles. The second kappa shape index (κ2) is 8.73. The van der Waals surface area contributed by atoms with Gasteiger partial charge in [-0.1, -0.05) is 54.6 Å². The van der Waals surface area contributed by atoms with Crippen molar-refractivity contribution in [2.24, 2.45) is 0 Å². The molecular weight excluding hydrogens is 403 g/mol. The molecular formula is C24H20F3N3O. The molecule has 1 aromatic heterocycles. The van der Waals surface area contributed by atoms with Gasteiger partial charge in [-0.3, -0.25) is 0 Å². The topological polar surface area (TPSA) is 58.0 Å². The number of nitrogens with zero attached hydrogens (tertiary/aromatic N) is 2. The maximum atomic E-state index is 13.2. The predicted molar refractivity (Wildman–Crippen MR) is 115 cm³/mol. The van der Waals surface area contributed by atoms with Gasteiger partial charge in [0, 0.05) is 10.9 Å². The van der Waals surface area contributed by atoms with Crippen molar-refractivity contribution in [3.8, 4) is 11.4 Å². The summed E-state index contributed by atoms with van der Waals surface area (Å²) in [5, 5.41) is 13.9. The first-order valence-electron chi connectivity index (χ1n) is 9.80. The Bertz CT molecular complexity index is 1180. The molecule has 0 amide bonds. The van der Waals surface area contributed by atoms with Crippen molar-refractivity contribution in [3.05, 3.63) is 90.0 Å². The number of aliphatic hydroxyl groups is 1. The monoisotopic (exact) mass is 423 g/mol. The second-order valence-corrected chi connectivity index (χ2v) is 7.21. The zero-order valence-electron chi connectivity index (χ0n) is 16.5. The van der Waals surface area contributed by atoms with Crippen molar-refractivity contribution in [3.63, 3.8) is 0 Å². The highest BCUT2D eigenvalue weighted by atomic mass is 19.4. The molecule has 0 radical (unpaired) electrons. The molecule has 4 aromatic rings. The number of rotatable bonds is 6. The summed E-state index contributed by atoms with van der Waals surface area (Å²) in [7, 11) is 0. The van der Waals surface area contributed by atoms with Crippen LogP contribution in [0, 0.1) is 0 Å². The number of nitrogens with one attached hydrogen (secondary N) is 1. The van der Waals surface area contributed by atoms with Crippen molar-refractivity contribution < 1.29 is 18.3 Å². The Kier molecular flexibility index (Phi) is 5.86. The molecule has 4 rings (SSSR count). The normalized spacial score (nSPS) is 12.6. The lowest BCUT2D eigenvalue weighted by atomic mass is 10.1. The minimum atomic E-state index is -4.45. The SMILES string of the molecule is OC[C@H](Cc1ccccc1)Nc1nc(-c2cccc(C(F)(F)F)c2)nc2ccccc12. The molecule has 0 aliphatic rings. The smallest absolute Gasteiger partial charge is 0.394 e. The van der Waals surface area contributed by atoms with Gasteiger partial charge in [-0.15, -0.1) is 0 Å². The van der Waals surface area contributed by atoms with E-state index in [1.165, 1.54) is 6.07 Å². The molecule has 0 saturated carbocycles. The molecule has 4 nitrogen and oxygen atoms in total. The van der Waals surface area contributed by atoms with E-state index < -0.39 is 11.7 Å². The molecule has 3 aromatic carbocycles. The standard InChI is InChI=1S/C24H20F3N3O/c25-24(26,27)18-10-6-9-17(14-18)22-29-21-12-5-4-11-20(21)23(30-22)28-19(15-31)13-16-7-2-1-3-8-16/h1-12,14,19,31H,13,15H2,(H,28,29,30)/t19-/m0/s1. The second-order valence-electron chi connectivity index (χ2n) is 7.21. The fraction of sp³-hybridized carbons (Fsp3) is 0.167. The van der Waals surface area contributed by atoms with Crippen LogP contribution in [0.4, 0.5) is 19.0 Å². The Balaban J connectivity index is 1.73. The van der Waals surface area contributed by atoms with Crippen molar-refractivity contribution in [1.29, 1.82) is 0 Å². The van der Waals surface area contributed by atoms with Crippen LogP contribution < -0.4 is 5.32 Å². The summed E-state index contributed by atoms with van der Waals surface area (Å²) >= 11 is 0. The summed E-state index contributed by atoms with van der Waals surface area (Å²) in [4.78, 5) is 8.99. The van der Waals surface area contributed by atoms with Crippen LogP contribution in [0.1, 0.15) is 11.1 Å². The highest BCUT2D eigenvalue weighted by Crippen LogP contribution is 2.32. The number of hydrogen-bond acceptors (Lipinski definition) is 4. The van der Waals surface area contributed by atoms with E-state index in [-0.39, 0.29) is 24.0 Å². The van der Waals surface area contributed by atoms with E-state index >= 15 is 0 Å². The lowest BCUT2D eigenvalue weighted by molar-refractivity contribution is -0.137. The van der Waals surface area contributed by atoms with Gasteiger partial charge in [0.2, 0.25) is 0 Å². The molecule has 0 spiro atoms. The number of alkyl halides is 3. The van der Waals surface area contributed by atoms with Gasteiger partial charge in [0.25, 0.3) is 0 Å². The zero-order chi connectivity index (χ0) is 21.8. The molecule has 0 fully saturated rings. The van der Waals surface area contributed by atoms with Crippen molar-refractivity contribution >= 4 is 16.7 Å². The maximum Gasteiger partial charge on any atom is 0.416 e. The molecule has 7 heteroatoms. The number of halogens is 3. The van der Waals surface area contributed by atoms with Crippen molar-refractivity contribution in [2.75, 3.05) is 11.9 Å². The minimum absolute atomic E-state index is 0.133. The van der Waals surface area contributed by atoms with Gasteiger partial charge in [-0.2, -0.15) is 13.2 Å². The van der Waals surface area contributed by atoms with Gasteiger partial charge in [-0.25, -0.2) is 9.97 Å². The van der Waals surface area contributed by atoms with Crippen LogP contribution in [-0.4, -0.2) is 27.7 Å². The Hall–Kier alpha value is -3.45. The van der Waals surface area contributed by atoms with Gasteiger partial charge in [0.1, 0.15) is 5.82 Å². The van der Waals surface area contributed by atoms with E-state index in [1.807, 2.05) is 48.5 Å². The Morgan fingerprint density at radius 2 is 1.61 bits per heavy atom. The van der Waals surface area contributed by atoms with Gasteiger partial charge < -0.3 is 10.4 Å². The van der Waals surface area contributed by atoms with Crippen LogP contribution in [0.5, 0.6) is 0 Å². The average Bonchev–Trinajstić information content (AvgIpc) is 2.78. The summed E-state index contributed by atoms with van der Waals surface area (Å²) in [6.45, 7) is -0.133. The predicted octanol–water partition coefficient (Wildman–Crippen LogP) is 5.33. The number of benzene rings is 3. The molecule has 31 heavy (non-hydrogen) atoms. The number of hydrogen-bond donors (Lipinski definition) is 2. The van der Waals surface area contributed by atoms with Gasteiger partial charge in [0.15, 0.2) is 5.82 Å². The quantitative estimate of drug-likeness (QED) is 0.440. The van der Waals surface area contributed by atoms with Gasteiger partial charge in [-0.05, 0) is 36.2 Å². The largest absolute Gasteiger partial charge is 0.416 e. The van der Waals surface area contributed by atoms with Crippen molar-refractivity contribution in [2.45, 2.75) is 18.6 Å². The molecule has 0 aliphatic carbocycles. The summed E-state index contributed by atoms with van der Waals surface area (Å²) in [5.74, 6) is 0.650. The highest BCUT2D eigenvalue weighted by Gasteiger charge is 2.30. The fourth-order valence-electron chi connectivity index (χ4n) is 3.40. The van der Waals surface area contributed by atoms with E-state index in [0.29, 0.717) is 17.8 Å². The first-order chi connectivity index (χ1) is 14.9. The summed E-state index contributed by atoms with van der Waals surface area (Å²) in [5.41, 5.74) is 1.16. The Morgan fingerprint density at radius 1 is 0.871 bits per heavy atom. The molecule has 158 valence electrons. The number of aromatic nitrogens is 2. The third kappa shape index (κ3) is 4.83. The van der Waals surface area contributed by atoms with E-state index in [0.717, 1.165) is 23.1 Å².